The van der Waals surface area contributed by atoms with Crippen molar-refractivity contribution in [3.05, 3.63) is 70.0 Å². The number of nitrogens with one attached hydrogen (secondary N) is 2. The number of hydrogen-bond donors (Lipinski definition) is 2. The smallest absolute Gasteiger partial charge is 0.261 e. The van der Waals surface area contributed by atoms with Crippen LogP contribution in [0.4, 0.5) is 0 Å². The zero-order chi connectivity index (χ0) is 21.3. The van der Waals surface area contributed by atoms with Crippen molar-refractivity contribution in [3.63, 3.8) is 0 Å². The Morgan fingerprint density at radius 3 is 2.50 bits per heavy atom. The molecule has 1 aromatic carbocycles. The van der Waals surface area contributed by atoms with Gasteiger partial charge in [0.2, 0.25) is 11.8 Å². The van der Waals surface area contributed by atoms with Crippen LogP contribution < -0.4 is 20.1 Å². The molecular weight excluding hydrogens is 402 g/mol. The summed E-state index contributed by atoms with van der Waals surface area (Å²) in [5.41, 5.74) is 0.870. The van der Waals surface area contributed by atoms with Crippen molar-refractivity contribution >= 4 is 23.2 Å². The van der Waals surface area contributed by atoms with E-state index < -0.39 is 0 Å². The van der Waals surface area contributed by atoms with Crippen molar-refractivity contribution in [1.29, 1.82) is 0 Å². The van der Waals surface area contributed by atoms with Crippen LogP contribution in [-0.2, 0) is 17.9 Å². The standard InChI is InChI=1S/C22H23N3O4S/c1-3-28-17-4-6-18(7-5-17)29-21-12-16(10-11-23-21)13-25-22(27)20-9-8-19(30-20)14-24-15(2)26/h4-12H,3,13-14H2,1-2H3,(H,24,26)(H,25,27). The monoisotopic (exact) mass is 425 g/mol. The number of rotatable bonds is 9. The molecule has 0 saturated carbocycles. The minimum absolute atomic E-state index is 0.102. The lowest BCUT2D eigenvalue weighted by Crippen LogP contribution is -2.21. The third-order valence-corrected chi connectivity index (χ3v) is 5.09. The number of hydrogen-bond acceptors (Lipinski definition) is 6. The van der Waals surface area contributed by atoms with E-state index in [4.69, 9.17) is 9.47 Å². The average Bonchev–Trinajstić information content (AvgIpc) is 3.22. The molecule has 0 unspecified atom stereocenters. The summed E-state index contributed by atoms with van der Waals surface area (Å²) < 4.78 is 11.2. The molecule has 8 heteroatoms. The number of pyridine rings is 1. The zero-order valence-electron chi connectivity index (χ0n) is 16.8. The van der Waals surface area contributed by atoms with Crippen molar-refractivity contribution in [2.75, 3.05) is 6.61 Å². The van der Waals surface area contributed by atoms with Gasteiger partial charge in [-0.1, -0.05) is 0 Å². The van der Waals surface area contributed by atoms with E-state index in [0.717, 1.165) is 16.2 Å². The van der Waals surface area contributed by atoms with Gasteiger partial charge < -0.3 is 20.1 Å². The lowest BCUT2D eigenvalue weighted by Gasteiger charge is -2.08. The van der Waals surface area contributed by atoms with Gasteiger partial charge in [-0.2, -0.15) is 0 Å². The van der Waals surface area contributed by atoms with Gasteiger partial charge in [0, 0.05) is 30.6 Å². The summed E-state index contributed by atoms with van der Waals surface area (Å²) in [6, 6.07) is 14.5. The molecule has 2 heterocycles. The van der Waals surface area contributed by atoms with Crippen LogP contribution in [0.15, 0.2) is 54.7 Å². The van der Waals surface area contributed by atoms with E-state index in [0.29, 0.717) is 36.2 Å². The van der Waals surface area contributed by atoms with Crippen molar-refractivity contribution in [2.24, 2.45) is 0 Å². The lowest BCUT2D eigenvalue weighted by atomic mass is 10.2. The van der Waals surface area contributed by atoms with Crippen LogP contribution in [0.5, 0.6) is 17.4 Å². The van der Waals surface area contributed by atoms with Crippen LogP contribution in [-0.4, -0.2) is 23.4 Å². The number of carbonyl (C=O) groups excluding carboxylic acids is 2. The highest BCUT2D eigenvalue weighted by molar-refractivity contribution is 7.14. The largest absolute Gasteiger partial charge is 0.494 e. The number of amides is 2. The van der Waals surface area contributed by atoms with E-state index in [1.165, 1.54) is 18.3 Å². The second kappa shape index (κ2) is 10.4. The highest BCUT2D eigenvalue weighted by Crippen LogP contribution is 2.23. The first-order valence-electron chi connectivity index (χ1n) is 9.50. The predicted octanol–water partition coefficient (Wildman–Crippen LogP) is 3.90. The third kappa shape index (κ3) is 6.31. The molecule has 0 atom stereocenters. The van der Waals surface area contributed by atoms with E-state index in [1.54, 1.807) is 18.3 Å². The minimum Gasteiger partial charge on any atom is -0.494 e. The van der Waals surface area contributed by atoms with Crippen molar-refractivity contribution in [3.8, 4) is 17.4 Å². The Labute approximate surface area is 179 Å². The number of ether oxygens (including phenoxy) is 2. The normalized spacial score (nSPS) is 10.3. The molecule has 0 aliphatic carbocycles. The third-order valence-electron chi connectivity index (χ3n) is 4.01. The van der Waals surface area contributed by atoms with Crippen LogP contribution >= 0.6 is 11.3 Å². The summed E-state index contributed by atoms with van der Waals surface area (Å²) in [4.78, 5) is 29.1. The fraction of sp³-hybridized carbons (Fsp3) is 0.227. The van der Waals surface area contributed by atoms with E-state index in [1.807, 2.05) is 43.3 Å². The first-order valence-corrected chi connectivity index (χ1v) is 10.3. The molecule has 0 aliphatic heterocycles. The number of aromatic nitrogens is 1. The molecule has 0 radical (unpaired) electrons. The lowest BCUT2D eigenvalue weighted by molar-refractivity contribution is -0.119. The molecule has 3 aromatic rings. The maximum Gasteiger partial charge on any atom is 0.261 e. The molecule has 156 valence electrons. The fourth-order valence-corrected chi connectivity index (χ4v) is 3.45. The Kier molecular flexibility index (Phi) is 7.40. The zero-order valence-corrected chi connectivity index (χ0v) is 17.6. The van der Waals surface area contributed by atoms with Crippen molar-refractivity contribution < 1.29 is 19.1 Å². The van der Waals surface area contributed by atoms with Crippen LogP contribution in [0.3, 0.4) is 0 Å². The summed E-state index contributed by atoms with van der Waals surface area (Å²) in [5.74, 6) is 1.61. The van der Waals surface area contributed by atoms with Gasteiger partial charge in [0.25, 0.3) is 5.91 Å². The highest BCUT2D eigenvalue weighted by Gasteiger charge is 2.10. The van der Waals surface area contributed by atoms with Crippen molar-refractivity contribution in [2.45, 2.75) is 26.9 Å². The Balaban J connectivity index is 1.54. The van der Waals surface area contributed by atoms with Crippen LogP contribution in [0.1, 0.15) is 34.0 Å². The Morgan fingerprint density at radius 2 is 1.77 bits per heavy atom. The van der Waals surface area contributed by atoms with Crippen LogP contribution in [0.2, 0.25) is 0 Å². The summed E-state index contributed by atoms with van der Waals surface area (Å²) in [6.07, 6.45) is 1.64. The summed E-state index contributed by atoms with van der Waals surface area (Å²) >= 11 is 1.35. The average molecular weight is 426 g/mol. The molecule has 0 spiro atoms. The molecule has 30 heavy (non-hydrogen) atoms. The fourth-order valence-electron chi connectivity index (χ4n) is 2.58. The quantitative estimate of drug-likeness (QED) is 0.543. The summed E-state index contributed by atoms with van der Waals surface area (Å²) in [5, 5.41) is 5.61. The second-order valence-corrected chi connectivity index (χ2v) is 7.54. The second-order valence-electron chi connectivity index (χ2n) is 6.37. The molecular formula is C22H23N3O4S. The molecule has 0 saturated heterocycles. The van der Waals surface area contributed by atoms with E-state index in [-0.39, 0.29) is 11.8 Å². The van der Waals surface area contributed by atoms with Gasteiger partial charge >= 0.3 is 0 Å². The van der Waals surface area contributed by atoms with Gasteiger partial charge in [0.05, 0.1) is 18.0 Å². The molecule has 7 nitrogen and oxygen atoms in total. The predicted molar refractivity (Wildman–Crippen MR) is 115 cm³/mol. The number of benzene rings is 1. The summed E-state index contributed by atoms with van der Waals surface area (Å²) in [7, 11) is 0. The molecule has 2 amide bonds. The summed E-state index contributed by atoms with van der Waals surface area (Å²) in [6.45, 7) is 4.77. The van der Waals surface area contributed by atoms with Gasteiger partial charge in [-0.05, 0) is 55.0 Å². The Hall–Kier alpha value is -3.39. The van der Waals surface area contributed by atoms with Crippen molar-refractivity contribution in [1.82, 2.24) is 15.6 Å². The minimum atomic E-state index is -0.167. The van der Waals surface area contributed by atoms with E-state index >= 15 is 0 Å². The Bertz CT molecular complexity index is 1000. The number of carbonyl (C=O) groups is 2. The molecule has 2 aromatic heterocycles. The topological polar surface area (TPSA) is 89.5 Å². The SMILES string of the molecule is CCOc1ccc(Oc2cc(CNC(=O)c3ccc(CNC(C)=O)s3)ccn2)cc1. The van der Waals surface area contributed by atoms with Crippen LogP contribution in [0, 0.1) is 0 Å². The van der Waals surface area contributed by atoms with E-state index in [2.05, 4.69) is 15.6 Å². The van der Waals surface area contributed by atoms with Gasteiger partial charge in [0.1, 0.15) is 11.5 Å². The Morgan fingerprint density at radius 1 is 1.00 bits per heavy atom. The maximum absolute atomic E-state index is 12.4. The van der Waals surface area contributed by atoms with Gasteiger partial charge in [-0.15, -0.1) is 11.3 Å². The van der Waals surface area contributed by atoms with Crippen LogP contribution in [0.25, 0.3) is 0 Å². The first-order chi connectivity index (χ1) is 14.5. The first kappa shape index (κ1) is 21.3. The van der Waals surface area contributed by atoms with Gasteiger partial charge in [-0.3, -0.25) is 9.59 Å². The number of thiophene rings is 1. The van der Waals surface area contributed by atoms with Gasteiger partial charge in [-0.25, -0.2) is 4.98 Å². The molecule has 0 bridgehead atoms. The molecule has 3 rings (SSSR count). The maximum atomic E-state index is 12.4. The van der Waals surface area contributed by atoms with E-state index in [9.17, 15) is 9.59 Å². The highest BCUT2D eigenvalue weighted by atomic mass is 32.1. The molecule has 0 fully saturated rings. The molecule has 0 aliphatic rings. The number of nitrogens with zero attached hydrogens (tertiary/aromatic N) is 1. The van der Waals surface area contributed by atoms with Gasteiger partial charge in [0.15, 0.2) is 0 Å². The molecule has 2 N–H and O–H groups in total.